The van der Waals surface area contributed by atoms with Gasteiger partial charge in [0.1, 0.15) is 23.1 Å². The molecule has 1 aliphatic heterocycles. The maximum atomic E-state index is 13.4. The van der Waals surface area contributed by atoms with Crippen molar-refractivity contribution in [2.45, 2.75) is 6.42 Å². The molecule has 1 heterocycles. The van der Waals surface area contributed by atoms with Crippen molar-refractivity contribution in [2.24, 2.45) is 0 Å². The number of phenolic OH excluding ortho intramolecular Hbond substituents is 1. The Morgan fingerprint density at radius 3 is 2.29 bits per heavy atom. The number of nitrogens with zero attached hydrogens (tertiary/aromatic N) is 2. The fourth-order valence-electron chi connectivity index (χ4n) is 4.02. The van der Waals surface area contributed by atoms with Crippen LogP contribution in [0.2, 0.25) is 0 Å². The van der Waals surface area contributed by atoms with Gasteiger partial charge in [-0.25, -0.2) is 8.78 Å². The molecule has 0 aromatic heterocycles. The van der Waals surface area contributed by atoms with Crippen LogP contribution >= 0.6 is 0 Å². The van der Waals surface area contributed by atoms with Crippen LogP contribution in [0.5, 0.6) is 11.5 Å². The van der Waals surface area contributed by atoms with Crippen LogP contribution in [0, 0.1) is 11.6 Å². The third kappa shape index (κ3) is 5.68. The first kappa shape index (κ1) is 24.0. The van der Waals surface area contributed by atoms with Gasteiger partial charge in [0.25, 0.3) is 11.8 Å². The standard InChI is InChI=1S/C26H25F2N3O4/c1-35-22-6-4-21(5-7-22)30-9-2-10-31(12-11-30)26(34)23-8-3-20(16-24(23)32)29-25(33)17-13-18(27)15-19(28)14-17/h3-8,13-16,32H,2,9-12H2,1H3,(H,29,33). The molecule has 0 atom stereocenters. The van der Waals surface area contributed by atoms with E-state index in [9.17, 15) is 23.5 Å². The smallest absolute Gasteiger partial charge is 0.257 e. The zero-order chi connectivity index (χ0) is 24.9. The molecule has 1 fully saturated rings. The van der Waals surface area contributed by atoms with Crippen molar-refractivity contribution in [3.05, 3.63) is 83.4 Å². The van der Waals surface area contributed by atoms with E-state index in [1.807, 2.05) is 24.3 Å². The molecular formula is C26H25F2N3O4. The second kappa shape index (κ2) is 10.4. The number of halogens is 2. The Labute approximate surface area is 201 Å². The number of benzene rings is 3. The lowest BCUT2D eigenvalue weighted by Gasteiger charge is -2.24. The zero-order valence-corrected chi connectivity index (χ0v) is 19.1. The summed E-state index contributed by atoms with van der Waals surface area (Å²) in [5.41, 5.74) is 1.14. The van der Waals surface area contributed by atoms with Gasteiger partial charge in [-0.1, -0.05) is 0 Å². The van der Waals surface area contributed by atoms with Crippen molar-refractivity contribution in [2.75, 3.05) is 43.5 Å². The molecule has 3 aromatic rings. The van der Waals surface area contributed by atoms with E-state index < -0.39 is 17.5 Å². The Hall–Kier alpha value is -4.14. The summed E-state index contributed by atoms with van der Waals surface area (Å²) in [7, 11) is 1.62. The fraction of sp³-hybridized carbons (Fsp3) is 0.231. The van der Waals surface area contributed by atoms with Crippen LogP contribution in [-0.4, -0.2) is 55.1 Å². The van der Waals surface area contributed by atoms with Crippen molar-refractivity contribution in [3.8, 4) is 11.5 Å². The number of carbonyl (C=O) groups is 2. The van der Waals surface area contributed by atoms with Crippen LogP contribution in [0.4, 0.5) is 20.2 Å². The van der Waals surface area contributed by atoms with E-state index in [2.05, 4.69) is 10.2 Å². The van der Waals surface area contributed by atoms with Gasteiger partial charge in [-0.2, -0.15) is 0 Å². The van der Waals surface area contributed by atoms with Gasteiger partial charge < -0.3 is 25.0 Å². The molecule has 3 aromatic carbocycles. The number of rotatable bonds is 5. The first-order valence-electron chi connectivity index (χ1n) is 11.1. The van der Waals surface area contributed by atoms with Crippen LogP contribution in [0.3, 0.4) is 0 Å². The van der Waals surface area contributed by atoms with E-state index in [1.165, 1.54) is 18.2 Å². The molecule has 0 spiro atoms. The molecule has 4 rings (SSSR count). The molecule has 7 nitrogen and oxygen atoms in total. The molecular weight excluding hydrogens is 456 g/mol. The molecule has 2 amide bonds. The van der Waals surface area contributed by atoms with Gasteiger partial charge in [-0.15, -0.1) is 0 Å². The third-order valence-corrected chi connectivity index (χ3v) is 5.83. The quantitative estimate of drug-likeness (QED) is 0.569. The van der Waals surface area contributed by atoms with Crippen molar-refractivity contribution < 1.29 is 28.2 Å². The number of methoxy groups -OCH3 is 1. The van der Waals surface area contributed by atoms with E-state index in [0.717, 1.165) is 36.5 Å². The minimum Gasteiger partial charge on any atom is -0.507 e. The molecule has 0 saturated carbocycles. The van der Waals surface area contributed by atoms with Gasteiger partial charge in [-0.3, -0.25) is 9.59 Å². The number of phenols is 1. The lowest BCUT2D eigenvalue weighted by molar-refractivity contribution is 0.0764. The summed E-state index contributed by atoms with van der Waals surface area (Å²) in [6, 6.07) is 14.4. The second-order valence-electron chi connectivity index (χ2n) is 8.18. The average Bonchev–Trinajstić information content (AvgIpc) is 3.10. The van der Waals surface area contributed by atoms with Crippen LogP contribution in [0.1, 0.15) is 27.1 Å². The summed E-state index contributed by atoms with van der Waals surface area (Å²) < 4.78 is 32.0. The van der Waals surface area contributed by atoms with Crippen molar-refractivity contribution in [3.63, 3.8) is 0 Å². The highest BCUT2D eigenvalue weighted by atomic mass is 19.1. The van der Waals surface area contributed by atoms with Crippen LogP contribution < -0.4 is 15.0 Å². The number of anilines is 2. The Bertz CT molecular complexity index is 1210. The maximum absolute atomic E-state index is 13.4. The highest BCUT2D eigenvalue weighted by Crippen LogP contribution is 2.26. The largest absolute Gasteiger partial charge is 0.507 e. The molecule has 35 heavy (non-hydrogen) atoms. The molecule has 9 heteroatoms. The van der Waals surface area contributed by atoms with E-state index in [-0.39, 0.29) is 28.5 Å². The molecule has 2 N–H and O–H groups in total. The van der Waals surface area contributed by atoms with Crippen molar-refractivity contribution in [1.82, 2.24) is 4.90 Å². The van der Waals surface area contributed by atoms with Gasteiger partial charge in [0.2, 0.25) is 0 Å². The fourth-order valence-corrected chi connectivity index (χ4v) is 4.02. The van der Waals surface area contributed by atoms with E-state index >= 15 is 0 Å². The maximum Gasteiger partial charge on any atom is 0.257 e. The molecule has 1 aliphatic rings. The number of ether oxygens (including phenoxy) is 1. The number of carbonyl (C=O) groups excluding carboxylic acids is 2. The monoisotopic (exact) mass is 481 g/mol. The van der Waals surface area contributed by atoms with E-state index in [4.69, 9.17) is 4.74 Å². The van der Waals surface area contributed by atoms with Gasteiger partial charge >= 0.3 is 0 Å². The molecule has 1 saturated heterocycles. The minimum absolute atomic E-state index is 0.109. The predicted octanol–water partition coefficient (Wildman–Crippen LogP) is 4.28. The van der Waals surface area contributed by atoms with Crippen molar-refractivity contribution in [1.29, 1.82) is 0 Å². The Morgan fingerprint density at radius 1 is 0.914 bits per heavy atom. The van der Waals surface area contributed by atoms with Crippen molar-refractivity contribution >= 4 is 23.2 Å². The minimum atomic E-state index is -0.873. The highest BCUT2D eigenvalue weighted by molar-refractivity contribution is 6.05. The normalized spacial score (nSPS) is 13.8. The zero-order valence-electron chi connectivity index (χ0n) is 19.1. The second-order valence-corrected chi connectivity index (χ2v) is 8.18. The first-order chi connectivity index (χ1) is 16.8. The highest BCUT2D eigenvalue weighted by Gasteiger charge is 2.23. The summed E-state index contributed by atoms with van der Waals surface area (Å²) in [4.78, 5) is 29.3. The summed E-state index contributed by atoms with van der Waals surface area (Å²) in [6.45, 7) is 2.44. The van der Waals surface area contributed by atoms with Gasteiger partial charge in [0.15, 0.2) is 0 Å². The number of hydrogen-bond donors (Lipinski definition) is 2. The lowest BCUT2D eigenvalue weighted by atomic mass is 10.1. The molecule has 182 valence electrons. The lowest BCUT2D eigenvalue weighted by Crippen LogP contribution is -2.35. The van der Waals surface area contributed by atoms with Gasteiger partial charge in [0, 0.05) is 55.2 Å². The molecule has 0 radical (unpaired) electrons. The average molecular weight is 481 g/mol. The molecule has 0 bridgehead atoms. The topological polar surface area (TPSA) is 82.1 Å². The van der Waals surface area contributed by atoms with Crippen LogP contribution in [0.25, 0.3) is 0 Å². The summed E-state index contributed by atoms with van der Waals surface area (Å²) in [5, 5.41) is 12.9. The van der Waals surface area contributed by atoms with Gasteiger partial charge in [0.05, 0.1) is 12.7 Å². The molecule has 0 aliphatic carbocycles. The Kier molecular flexibility index (Phi) is 7.14. The number of aromatic hydroxyl groups is 1. The molecule has 0 unspecified atom stereocenters. The number of nitrogens with one attached hydrogen (secondary N) is 1. The van der Waals surface area contributed by atoms with Crippen LogP contribution in [0.15, 0.2) is 60.7 Å². The summed E-state index contributed by atoms with van der Waals surface area (Å²) in [5.74, 6) is -2.32. The SMILES string of the molecule is COc1ccc(N2CCCN(C(=O)c3ccc(NC(=O)c4cc(F)cc(F)c4)cc3O)CC2)cc1. The third-order valence-electron chi connectivity index (χ3n) is 5.83. The predicted molar refractivity (Wildman–Crippen MR) is 128 cm³/mol. The summed E-state index contributed by atoms with van der Waals surface area (Å²) >= 11 is 0. The number of amides is 2. The summed E-state index contributed by atoms with van der Waals surface area (Å²) in [6.07, 6.45) is 0.761. The van der Waals surface area contributed by atoms with Crippen LogP contribution in [-0.2, 0) is 0 Å². The number of hydrogen-bond acceptors (Lipinski definition) is 5. The Morgan fingerprint density at radius 2 is 1.63 bits per heavy atom. The van der Waals surface area contributed by atoms with Gasteiger partial charge in [-0.05, 0) is 55.0 Å². The van der Waals surface area contributed by atoms with E-state index in [1.54, 1.807) is 12.0 Å². The van der Waals surface area contributed by atoms with E-state index in [0.29, 0.717) is 25.7 Å². The first-order valence-corrected chi connectivity index (χ1v) is 11.1. The Balaban J connectivity index is 1.41.